The number of hydrogen-bond acceptors (Lipinski definition) is 3. The van der Waals surface area contributed by atoms with Crippen molar-refractivity contribution in [3.8, 4) is 11.3 Å². The van der Waals surface area contributed by atoms with Gasteiger partial charge in [-0.05, 0) is 97.8 Å². The Balaban J connectivity index is 1.33. The van der Waals surface area contributed by atoms with Crippen LogP contribution in [0.1, 0.15) is 64.7 Å². The van der Waals surface area contributed by atoms with E-state index >= 15 is 0 Å². The second-order valence-corrected chi connectivity index (χ2v) is 12.3. The van der Waals surface area contributed by atoms with Crippen LogP contribution in [0.3, 0.4) is 0 Å². The maximum Gasteiger partial charge on any atom is 0.411 e. The third-order valence-corrected chi connectivity index (χ3v) is 8.17. The number of hydrogen-bond donors (Lipinski definition) is 1. The van der Waals surface area contributed by atoms with Gasteiger partial charge in [-0.15, -0.1) is 0 Å². The topological polar surface area (TPSA) is 58.2 Å². The molecule has 1 saturated carbocycles. The normalized spacial score (nSPS) is 22.2. The van der Waals surface area contributed by atoms with Crippen LogP contribution in [0.5, 0.6) is 0 Å². The molecule has 1 amide bonds. The summed E-state index contributed by atoms with van der Waals surface area (Å²) < 4.78 is 6.93. The van der Waals surface area contributed by atoms with Gasteiger partial charge in [-0.25, -0.2) is 9.78 Å². The van der Waals surface area contributed by atoms with Gasteiger partial charge in [0.1, 0.15) is 11.4 Å². The lowest BCUT2D eigenvalue weighted by molar-refractivity contribution is 0.00951. The molecule has 2 heterocycles. The van der Waals surface area contributed by atoms with Gasteiger partial charge in [-0.1, -0.05) is 47.0 Å². The summed E-state index contributed by atoms with van der Waals surface area (Å²) in [6, 6.07) is 17.5. The molecule has 36 heavy (non-hydrogen) atoms. The predicted octanol–water partition coefficient (Wildman–Crippen LogP) is 8.39. The molecule has 5 nitrogen and oxygen atoms in total. The van der Waals surface area contributed by atoms with Crippen molar-refractivity contribution in [2.24, 2.45) is 5.92 Å². The zero-order valence-electron chi connectivity index (χ0n) is 21.1. The summed E-state index contributed by atoms with van der Waals surface area (Å²) in [6.07, 6.45) is 7.25. The van der Waals surface area contributed by atoms with E-state index in [-0.39, 0.29) is 18.2 Å². The molecular weight excluding hydrogens is 514 g/mol. The van der Waals surface area contributed by atoms with Crippen LogP contribution in [0.4, 0.5) is 4.79 Å². The Hall–Kier alpha value is -2.86. The number of carbonyl (C=O) groups excluding carboxylic acids is 1. The van der Waals surface area contributed by atoms with Crippen LogP contribution in [-0.2, 0) is 4.74 Å². The zero-order valence-corrected chi connectivity index (χ0v) is 22.6. The molecule has 1 aromatic heterocycles. The molecule has 1 aliphatic carbocycles. The highest BCUT2D eigenvalue weighted by atomic mass is 79.9. The van der Waals surface area contributed by atoms with E-state index in [0.29, 0.717) is 5.92 Å². The first-order valence-corrected chi connectivity index (χ1v) is 13.7. The Bertz CT molecular complexity index is 1450. The van der Waals surface area contributed by atoms with Gasteiger partial charge >= 0.3 is 6.09 Å². The van der Waals surface area contributed by atoms with E-state index in [0.717, 1.165) is 34.4 Å². The number of imidazole rings is 1. The minimum Gasteiger partial charge on any atom is -0.444 e. The molecule has 0 spiro atoms. The van der Waals surface area contributed by atoms with Crippen molar-refractivity contribution in [2.75, 3.05) is 0 Å². The van der Waals surface area contributed by atoms with Gasteiger partial charge in [0.25, 0.3) is 0 Å². The number of nitrogens with zero attached hydrogens (tertiary/aromatic N) is 2. The van der Waals surface area contributed by atoms with Crippen LogP contribution in [0.15, 0.2) is 59.2 Å². The summed E-state index contributed by atoms with van der Waals surface area (Å²) in [5.41, 5.74) is 1.55. The smallest absolute Gasteiger partial charge is 0.411 e. The van der Waals surface area contributed by atoms with Crippen molar-refractivity contribution in [1.29, 1.82) is 0 Å². The van der Waals surface area contributed by atoms with Crippen molar-refractivity contribution >= 4 is 43.6 Å². The van der Waals surface area contributed by atoms with Crippen LogP contribution in [0, 0.1) is 5.92 Å². The van der Waals surface area contributed by atoms with Crippen molar-refractivity contribution in [2.45, 2.75) is 70.6 Å². The van der Waals surface area contributed by atoms with Crippen molar-refractivity contribution in [3.63, 3.8) is 0 Å². The molecule has 0 bridgehead atoms. The Morgan fingerprint density at radius 2 is 1.72 bits per heavy atom. The number of halogens is 1. The number of aromatic amines is 1. The first-order valence-electron chi connectivity index (χ1n) is 12.9. The van der Waals surface area contributed by atoms with Crippen LogP contribution in [0.2, 0.25) is 0 Å². The molecule has 6 heteroatoms. The van der Waals surface area contributed by atoms with E-state index in [1.807, 2.05) is 31.9 Å². The Morgan fingerprint density at radius 3 is 2.50 bits per heavy atom. The standard InChI is InChI=1S/C30H32BrN3O2/c1-30(2,3)36-29(35)34-26-7-5-4-6-21(26)16-27(34)28-32-17-25(33-28)20-9-8-18-13-23-15-24(31)11-10-19(23)12-22(18)14-20/h8-15,17,21,26-27H,4-7,16H2,1-3H3,(H,32,33)/t21-,26-,27-/m0/s1. The number of fused-ring (bicyclic) bond motifs is 3. The highest BCUT2D eigenvalue weighted by molar-refractivity contribution is 9.10. The summed E-state index contributed by atoms with van der Waals surface area (Å²) in [4.78, 5) is 23.7. The van der Waals surface area contributed by atoms with Crippen LogP contribution in [0.25, 0.3) is 32.8 Å². The maximum atomic E-state index is 13.3. The second kappa shape index (κ2) is 8.91. The molecule has 1 saturated heterocycles. The fourth-order valence-corrected chi connectivity index (χ4v) is 6.45. The van der Waals surface area contributed by atoms with E-state index < -0.39 is 5.60 Å². The van der Waals surface area contributed by atoms with Gasteiger partial charge in [0.15, 0.2) is 0 Å². The largest absolute Gasteiger partial charge is 0.444 e. The Morgan fingerprint density at radius 1 is 1.00 bits per heavy atom. The third kappa shape index (κ3) is 4.40. The molecule has 1 aliphatic heterocycles. The first-order chi connectivity index (χ1) is 17.2. The number of likely N-dealkylation sites (tertiary alicyclic amines) is 1. The molecule has 2 fully saturated rings. The SMILES string of the molecule is CC(C)(C)OC(=O)N1[C@H](c2ncc(-c3ccc4cc5cc(Br)ccc5cc4c3)[nH]2)C[C@@H]2CCCC[C@@H]21. The van der Waals surface area contributed by atoms with E-state index in [1.54, 1.807) is 0 Å². The number of carbonyl (C=O) groups is 1. The summed E-state index contributed by atoms with van der Waals surface area (Å²) in [7, 11) is 0. The van der Waals surface area contributed by atoms with Gasteiger partial charge < -0.3 is 9.72 Å². The van der Waals surface area contributed by atoms with Gasteiger partial charge in [-0.3, -0.25) is 4.90 Å². The quantitative estimate of drug-likeness (QED) is 0.257. The molecule has 6 rings (SSSR count). The molecular formula is C30H32BrN3O2. The van der Waals surface area contributed by atoms with Crippen molar-refractivity contribution in [3.05, 3.63) is 65.0 Å². The summed E-state index contributed by atoms with van der Waals surface area (Å²) >= 11 is 3.57. The molecule has 3 atom stereocenters. The van der Waals surface area contributed by atoms with Crippen LogP contribution >= 0.6 is 15.9 Å². The van der Waals surface area contributed by atoms with Gasteiger partial charge in [0.2, 0.25) is 0 Å². The average Bonchev–Trinajstić information content (AvgIpc) is 3.46. The van der Waals surface area contributed by atoms with E-state index in [1.165, 1.54) is 40.8 Å². The van der Waals surface area contributed by atoms with Crippen molar-refractivity contribution in [1.82, 2.24) is 14.9 Å². The molecule has 0 unspecified atom stereocenters. The summed E-state index contributed by atoms with van der Waals surface area (Å²) in [6.45, 7) is 5.79. The zero-order chi connectivity index (χ0) is 25.0. The second-order valence-electron chi connectivity index (χ2n) is 11.3. The predicted molar refractivity (Wildman–Crippen MR) is 148 cm³/mol. The lowest BCUT2D eigenvalue weighted by Crippen LogP contribution is -2.43. The molecule has 1 N–H and O–H groups in total. The average molecular weight is 547 g/mol. The molecule has 4 aromatic rings. The number of nitrogens with one attached hydrogen (secondary N) is 1. The monoisotopic (exact) mass is 545 g/mol. The van der Waals surface area contributed by atoms with E-state index in [2.05, 4.69) is 69.4 Å². The molecule has 186 valence electrons. The van der Waals surface area contributed by atoms with Gasteiger partial charge in [-0.2, -0.15) is 0 Å². The number of amides is 1. The highest BCUT2D eigenvalue weighted by Crippen LogP contribution is 2.46. The van der Waals surface area contributed by atoms with E-state index in [9.17, 15) is 4.79 Å². The third-order valence-electron chi connectivity index (χ3n) is 7.67. The van der Waals surface area contributed by atoms with E-state index in [4.69, 9.17) is 9.72 Å². The summed E-state index contributed by atoms with van der Waals surface area (Å²) in [5.74, 6) is 1.37. The lowest BCUT2D eigenvalue weighted by atomic mass is 9.85. The fourth-order valence-electron chi connectivity index (χ4n) is 6.07. The van der Waals surface area contributed by atoms with Gasteiger partial charge in [0.05, 0.1) is 17.9 Å². The van der Waals surface area contributed by atoms with Crippen molar-refractivity contribution < 1.29 is 9.53 Å². The maximum absolute atomic E-state index is 13.3. The summed E-state index contributed by atoms with van der Waals surface area (Å²) in [5, 5.41) is 4.84. The van der Waals surface area contributed by atoms with Gasteiger partial charge in [0, 0.05) is 16.1 Å². The molecule has 3 aromatic carbocycles. The number of H-pyrrole nitrogens is 1. The van der Waals surface area contributed by atoms with Crippen LogP contribution < -0.4 is 0 Å². The Kier molecular flexibility index (Phi) is 5.83. The lowest BCUT2D eigenvalue weighted by Gasteiger charge is -2.34. The number of benzene rings is 3. The first kappa shape index (κ1) is 23.5. The molecule has 0 radical (unpaired) electrons. The highest BCUT2D eigenvalue weighted by Gasteiger charge is 2.47. The van der Waals surface area contributed by atoms with Crippen LogP contribution in [-0.4, -0.2) is 32.6 Å². The minimum absolute atomic E-state index is 0.0791. The fraction of sp³-hybridized carbons (Fsp3) is 0.400. The molecule has 2 aliphatic rings. The number of rotatable bonds is 2. The Labute approximate surface area is 220 Å². The number of aromatic nitrogens is 2. The minimum atomic E-state index is -0.520. The number of ether oxygens (including phenoxy) is 1.